The van der Waals surface area contributed by atoms with E-state index in [0.717, 1.165) is 17.2 Å². The van der Waals surface area contributed by atoms with Gasteiger partial charge in [-0.25, -0.2) is 13.3 Å². The Kier molecular flexibility index (Phi) is 14.2. The molecule has 3 saturated carbocycles. The molecule has 0 bridgehead atoms. The molecular formula is C45H54BrF2N4O12P. The molecule has 65 heavy (non-hydrogen) atoms. The molecule has 8 N–H and O–H groups in total. The second-order valence-corrected chi connectivity index (χ2v) is 19.8. The van der Waals surface area contributed by atoms with Crippen molar-refractivity contribution in [3.63, 3.8) is 0 Å². The molecule has 4 aliphatic carbocycles. The Hall–Kier alpha value is -4.04. The number of unbranched alkanes of at least 4 members (excludes halogenated alkanes) is 1. The van der Waals surface area contributed by atoms with Gasteiger partial charge in [-0.15, -0.1) is 0 Å². The number of benzene rings is 2. The number of Topliss-reactive ketones (excluding diaryl/α,β-unsaturated/α-hetero) is 1. The molecule has 16 nitrogen and oxygen atoms in total. The van der Waals surface area contributed by atoms with E-state index in [9.17, 15) is 43.4 Å². The summed E-state index contributed by atoms with van der Waals surface area (Å²) < 4.78 is 63.5. The molecule has 0 spiro atoms. The van der Waals surface area contributed by atoms with Crippen molar-refractivity contribution in [1.29, 1.82) is 0 Å². The maximum absolute atomic E-state index is 17.9. The summed E-state index contributed by atoms with van der Waals surface area (Å²) in [7, 11) is -5.15. The average Bonchev–Trinajstić information content (AvgIpc) is 3.76. The number of anilines is 1. The quantitative estimate of drug-likeness (QED) is 0.0671. The van der Waals surface area contributed by atoms with Crippen LogP contribution in [0.3, 0.4) is 0 Å². The zero-order chi connectivity index (χ0) is 47.1. The number of aliphatic hydroxyl groups excluding tert-OH is 1. The summed E-state index contributed by atoms with van der Waals surface area (Å²) in [5.41, 5.74) is 0.663. The predicted molar refractivity (Wildman–Crippen MR) is 234 cm³/mol. The normalized spacial score (nSPS) is 32.9. The van der Waals surface area contributed by atoms with Gasteiger partial charge < -0.3 is 46.1 Å². The van der Waals surface area contributed by atoms with Gasteiger partial charge in [0.15, 0.2) is 29.1 Å². The monoisotopic (exact) mass is 990 g/mol. The molecule has 1 aliphatic heterocycles. The van der Waals surface area contributed by atoms with Crippen molar-refractivity contribution >= 4 is 58.7 Å². The van der Waals surface area contributed by atoms with Crippen molar-refractivity contribution in [1.82, 2.24) is 10.6 Å². The summed E-state index contributed by atoms with van der Waals surface area (Å²) in [5.74, 6) is -4.69. The van der Waals surface area contributed by atoms with E-state index in [4.69, 9.17) is 15.2 Å². The van der Waals surface area contributed by atoms with E-state index in [1.807, 2.05) is 18.2 Å². The number of phosphoric acid groups is 1. The van der Waals surface area contributed by atoms with E-state index in [1.54, 1.807) is 37.3 Å². The smallest absolute Gasteiger partial charge is 0.390 e. The molecule has 2 unspecified atom stereocenters. The topological polar surface area (TPSA) is 253 Å². The van der Waals surface area contributed by atoms with Crippen LogP contribution in [-0.4, -0.2) is 105 Å². The standard InChI is InChI=1S/C45H54BrF2N4O12P/c1-42-14-13-29(53)18-32(42)33(47)19-31-30-20-37-45(36(55)24-62-65(59,60)61,43(30,2)21-35(54)44(31,42)48)64-41(63-37)27-11-9-25(10-12-27)16-26-6-5-7-28(17-26)51-40(58)34(8-3-4-15-49)52-39(57)23-50-38(56)22-46/h5-7,9-14,17-18,30-31,33-35,37,41,54H,3-4,8,15-16,19-24,49H2,1-2H3,(H,50,56)(H,51,58)(H,52,57)(H2,59,60,61)/t30-,31?,33-,34-,35-,37+,41+,42-,43?,44-,45+/m0/s1. The highest BCUT2D eigenvalue weighted by atomic mass is 79.9. The van der Waals surface area contributed by atoms with Gasteiger partial charge in [0.1, 0.15) is 18.8 Å². The van der Waals surface area contributed by atoms with Crippen molar-refractivity contribution in [2.75, 3.05) is 30.3 Å². The van der Waals surface area contributed by atoms with Crippen LogP contribution in [0.25, 0.3) is 0 Å². The number of ketones is 2. The van der Waals surface area contributed by atoms with E-state index < -0.39 is 102 Å². The molecular weight excluding hydrogens is 937 g/mol. The number of rotatable bonds is 17. The van der Waals surface area contributed by atoms with E-state index in [-0.39, 0.29) is 42.6 Å². The van der Waals surface area contributed by atoms with Crippen molar-refractivity contribution in [3.8, 4) is 0 Å². The molecule has 352 valence electrons. The highest BCUT2D eigenvalue weighted by Gasteiger charge is 2.80. The van der Waals surface area contributed by atoms with E-state index in [2.05, 4.69) is 36.4 Å². The zero-order valence-corrected chi connectivity index (χ0v) is 38.3. The maximum Gasteiger partial charge on any atom is 0.470 e. The number of hydrogen-bond donors (Lipinski definition) is 7. The third-order valence-electron chi connectivity index (χ3n) is 14.2. The minimum Gasteiger partial charge on any atom is -0.390 e. The lowest BCUT2D eigenvalue weighted by molar-refractivity contribution is -0.235. The number of phosphoric ester groups is 1. The van der Waals surface area contributed by atoms with E-state index in [1.165, 1.54) is 19.1 Å². The van der Waals surface area contributed by atoms with E-state index in [0.29, 0.717) is 43.5 Å². The van der Waals surface area contributed by atoms with Gasteiger partial charge in [0.25, 0.3) is 0 Å². The predicted octanol–water partition coefficient (Wildman–Crippen LogP) is 4.10. The Morgan fingerprint density at radius 2 is 1.78 bits per heavy atom. The fraction of sp³-hybridized carbons (Fsp3) is 0.533. The Labute approximate surface area is 382 Å². The summed E-state index contributed by atoms with van der Waals surface area (Å²) in [6, 6.07) is 13.4. The number of aliphatic hydroxyl groups is 1. The van der Waals surface area contributed by atoms with Crippen LogP contribution < -0.4 is 21.7 Å². The van der Waals surface area contributed by atoms with Crippen LogP contribution >= 0.6 is 23.8 Å². The van der Waals surface area contributed by atoms with Crippen molar-refractivity contribution in [3.05, 3.63) is 89.0 Å². The molecule has 1 saturated heterocycles. The van der Waals surface area contributed by atoms with Crippen molar-refractivity contribution in [2.45, 2.75) is 101 Å². The number of nitrogens with one attached hydrogen (secondary N) is 3. The van der Waals surface area contributed by atoms with Gasteiger partial charge in [-0.3, -0.25) is 28.5 Å². The third-order valence-corrected chi connectivity index (χ3v) is 15.1. The highest BCUT2D eigenvalue weighted by molar-refractivity contribution is 9.09. The average molecular weight is 992 g/mol. The molecule has 0 radical (unpaired) electrons. The Balaban J connectivity index is 1.08. The van der Waals surface area contributed by atoms with Crippen LogP contribution in [0.5, 0.6) is 0 Å². The van der Waals surface area contributed by atoms with Gasteiger partial charge in [-0.2, -0.15) is 0 Å². The van der Waals surface area contributed by atoms with Gasteiger partial charge in [0.05, 0.1) is 24.1 Å². The first-order chi connectivity index (χ1) is 30.7. The first-order valence-corrected chi connectivity index (χ1v) is 24.2. The number of alkyl halides is 3. The zero-order valence-electron chi connectivity index (χ0n) is 35.8. The van der Waals surface area contributed by atoms with Gasteiger partial charge in [-0.05, 0) is 105 Å². The van der Waals surface area contributed by atoms with Crippen molar-refractivity contribution < 1.29 is 66.2 Å². The number of nitrogens with two attached hydrogens (primary N) is 1. The maximum atomic E-state index is 17.9. The lowest BCUT2D eigenvalue weighted by Crippen LogP contribution is -2.70. The molecule has 2 aromatic rings. The fourth-order valence-corrected chi connectivity index (χ4v) is 11.6. The van der Waals surface area contributed by atoms with Crippen LogP contribution in [0.4, 0.5) is 14.5 Å². The summed E-state index contributed by atoms with van der Waals surface area (Å²) in [6.45, 7) is 2.14. The van der Waals surface area contributed by atoms with Crippen LogP contribution in [0.15, 0.2) is 72.3 Å². The molecule has 11 atom stereocenters. The number of fused-ring (bicyclic) bond motifs is 7. The molecule has 3 amide bonds. The Bertz CT molecular complexity index is 2320. The molecule has 1 heterocycles. The molecule has 5 aliphatic rings. The molecule has 2 aromatic carbocycles. The SMILES string of the molecule is CC12C[C@H](O)[C@@]3(F)C(C[C@H](F)C4=CC(=O)C=C[C@@]43C)[C@@H]1C[C@H]1O[C@@H](c3ccc(Cc4cccc(NC(=O)[C@H](CCCCN)NC(=O)CNC(=O)CBr)c4)cc3)O[C@]12C(=O)COP(=O)(O)O. The molecule has 7 rings (SSSR count). The molecule has 20 heteroatoms. The minimum absolute atomic E-state index is 0.0103. The van der Waals surface area contributed by atoms with Gasteiger partial charge in [0, 0.05) is 28.0 Å². The number of carbonyl (C=O) groups excluding carboxylic acids is 5. The summed E-state index contributed by atoms with van der Waals surface area (Å²) in [6.07, 6.45) is -1.01. The second-order valence-electron chi connectivity index (χ2n) is 18.0. The first kappa shape index (κ1) is 48.9. The Morgan fingerprint density at radius 1 is 1.05 bits per heavy atom. The third kappa shape index (κ3) is 9.20. The lowest BCUT2D eigenvalue weighted by atomic mass is 9.44. The first-order valence-electron chi connectivity index (χ1n) is 21.5. The number of allylic oxidation sites excluding steroid dienone is 4. The van der Waals surface area contributed by atoms with Crippen LogP contribution in [-0.2, 0) is 49.0 Å². The van der Waals surface area contributed by atoms with E-state index >= 15 is 8.78 Å². The summed E-state index contributed by atoms with van der Waals surface area (Å²) >= 11 is 3.02. The second kappa shape index (κ2) is 18.9. The number of halogens is 3. The van der Waals surface area contributed by atoms with Gasteiger partial charge in [0.2, 0.25) is 17.7 Å². The minimum atomic E-state index is -5.15. The number of amides is 3. The summed E-state index contributed by atoms with van der Waals surface area (Å²) in [4.78, 5) is 83.3. The van der Waals surface area contributed by atoms with Crippen molar-refractivity contribution in [2.24, 2.45) is 28.4 Å². The number of carbonyl (C=O) groups is 5. The van der Waals surface area contributed by atoms with Gasteiger partial charge in [-0.1, -0.05) is 65.3 Å². The summed E-state index contributed by atoms with van der Waals surface area (Å²) in [5, 5.41) is 19.9. The largest absolute Gasteiger partial charge is 0.470 e. The fourth-order valence-electron chi connectivity index (χ4n) is 11.1. The lowest BCUT2D eigenvalue weighted by Gasteiger charge is -2.63. The number of ether oxygens (including phenoxy) is 2. The molecule has 0 aromatic heterocycles. The van der Waals surface area contributed by atoms with Crippen LogP contribution in [0.1, 0.15) is 75.4 Å². The van der Waals surface area contributed by atoms with Crippen LogP contribution in [0.2, 0.25) is 0 Å². The highest BCUT2D eigenvalue weighted by Crippen LogP contribution is 2.72. The Morgan fingerprint density at radius 3 is 2.48 bits per heavy atom. The molecule has 4 fully saturated rings. The van der Waals surface area contributed by atoms with Gasteiger partial charge >= 0.3 is 7.82 Å². The number of hydrogen-bond acceptors (Lipinski definition) is 11. The van der Waals surface area contributed by atoms with Crippen LogP contribution in [0, 0.1) is 22.7 Å².